The molecule has 0 heterocycles. The van der Waals surface area contributed by atoms with Crippen molar-refractivity contribution < 1.29 is 9.47 Å². The van der Waals surface area contributed by atoms with Gasteiger partial charge in [0, 0.05) is 6.04 Å². The van der Waals surface area contributed by atoms with E-state index in [0.717, 1.165) is 29.9 Å². The molecule has 82 valence electrons. The first-order valence-electron chi connectivity index (χ1n) is 5.31. The number of nitrogens with two attached hydrogens (primary N) is 1. The monoisotopic (exact) mass is 207 g/mol. The van der Waals surface area contributed by atoms with Gasteiger partial charge >= 0.3 is 0 Å². The predicted octanol–water partition coefficient (Wildman–Crippen LogP) is 2.26. The molecule has 0 amide bonds. The molecule has 15 heavy (non-hydrogen) atoms. The van der Waals surface area contributed by atoms with E-state index in [2.05, 4.69) is 0 Å². The zero-order chi connectivity index (χ0) is 10.8. The van der Waals surface area contributed by atoms with E-state index in [-0.39, 0.29) is 6.04 Å². The highest BCUT2D eigenvalue weighted by atomic mass is 16.5. The molecular weight excluding hydrogens is 190 g/mol. The zero-order valence-electron chi connectivity index (χ0n) is 9.19. The summed E-state index contributed by atoms with van der Waals surface area (Å²) in [6, 6.07) is 5.90. The number of rotatable bonds is 4. The average Bonchev–Trinajstić information content (AvgIpc) is 3.02. The summed E-state index contributed by atoms with van der Waals surface area (Å²) in [5, 5.41) is 0. The Bertz CT molecular complexity index is 345. The first kappa shape index (κ1) is 10.3. The van der Waals surface area contributed by atoms with Crippen molar-refractivity contribution in [2.75, 3.05) is 7.11 Å². The highest BCUT2D eigenvalue weighted by Crippen LogP contribution is 2.34. The van der Waals surface area contributed by atoms with Crippen molar-refractivity contribution in [3.8, 4) is 11.5 Å². The Kier molecular flexibility index (Phi) is 2.82. The van der Waals surface area contributed by atoms with Crippen LogP contribution in [0.3, 0.4) is 0 Å². The van der Waals surface area contributed by atoms with Gasteiger partial charge in [-0.3, -0.25) is 0 Å². The van der Waals surface area contributed by atoms with Crippen LogP contribution < -0.4 is 15.2 Å². The number of methoxy groups -OCH3 is 1. The lowest BCUT2D eigenvalue weighted by Crippen LogP contribution is -2.06. The maximum atomic E-state index is 5.80. The minimum atomic E-state index is 0.0221. The molecule has 0 aromatic heterocycles. The van der Waals surface area contributed by atoms with Gasteiger partial charge in [0.2, 0.25) is 0 Å². The van der Waals surface area contributed by atoms with Gasteiger partial charge in [-0.1, -0.05) is 6.07 Å². The van der Waals surface area contributed by atoms with Crippen LogP contribution in [0.2, 0.25) is 0 Å². The van der Waals surface area contributed by atoms with Gasteiger partial charge in [-0.05, 0) is 37.5 Å². The van der Waals surface area contributed by atoms with Crippen molar-refractivity contribution >= 4 is 0 Å². The van der Waals surface area contributed by atoms with E-state index in [1.807, 2.05) is 25.1 Å². The molecule has 1 saturated carbocycles. The van der Waals surface area contributed by atoms with E-state index in [4.69, 9.17) is 15.2 Å². The van der Waals surface area contributed by atoms with Crippen molar-refractivity contribution in [1.82, 2.24) is 0 Å². The second-order valence-corrected chi connectivity index (χ2v) is 4.02. The van der Waals surface area contributed by atoms with Crippen LogP contribution in [0.15, 0.2) is 18.2 Å². The molecule has 2 N–H and O–H groups in total. The van der Waals surface area contributed by atoms with E-state index >= 15 is 0 Å². The summed E-state index contributed by atoms with van der Waals surface area (Å²) >= 11 is 0. The second-order valence-electron chi connectivity index (χ2n) is 4.02. The van der Waals surface area contributed by atoms with Crippen LogP contribution in [0.5, 0.6) is 11.5 Å². The third kappa shape index (κ3) is 2.42. The molecule has 1 aliphatic carbocycles. The highest BCUT2D eigenvalue weighted by Gasteiger charge is 2.24. The average molecular weight is 207 g/mol. The molecule has 1 unspecified atom stereocenters. The second kappa shape index (κ2) is 4.11. The Morgan fingerprint density at radius 3 is 2.60 bits per heavy atom. The molecule has 0 aliphatic heterocycles. The van der Waals surface area contributed by atoms with Crippen molar-refractivity contribution in [3.63, 3.8) is 0 Å². The van der Waals surface area contributed by atoms with E-state index < -0.39 is 0 Å². The summed E-state index contributed by atoms with van der Waals surface area (Å²) < 4.78 is 11.0. The van der Waals surface area contributed by atoms with Crippen molar-refractivity contribution in [1.29, 1.82) is 0 Å². The summed E-state index contributed by atoms with van der Waals surface area (Å²) in [7, 11) is 1.65. The molecule has 3 heteroatoms. The van der Waals surface area contributed by atoms with Gasteiger partial charge < -0.3 is 15.2 Å². The van der Waals surface area contributed by atoms with Crippen LogP contribution in [-0.4, -0.2) is 13.2 Å². The fraction of sp³-hybridized carbons (Fsp3) is 0.500. The summed E-state index contributed by atoms with van der Waals surface area (Å²) in [4.78, 5) is 0. The van der Waals surface area contributed by atoms with Gasteiger partial charge in [-0.25, -0.2) is 0 Å². The van der Waals surface area contributed by atoms with E-state index in [9.17, 15) is 0 Å². The topological polar surface area (TPSA) is 44.5 Å². The Hall–Kier alpha value is -1.22. The van der Waals surface area contributed by atoms with Crippen LogP contribution in [0.1, 0.15) is 31.4 Å². The van der Waals surface area contributed by atoms with Crippen LogP contribution >= 0.6 is 0 Å². The third-order valence-electron chi connectivity index (χ3n) is 2.53. The quantitative estimate of drug-likeness (QED) is 0.823. The van der Waals surface area contributed by atoms with Gasteiger partial charge in [0.05, 0.1) is 13.2 Å². The van der Waals surface area contributed by atoms with Gasteiger partial charge in [0.15, 0.2) is 11.5 Å². The number of benzene rings is 1. The lowest BCUT2D eigenvalue weighted by Gasteiger charge is -2.13. The van der Waals surface area contributed by atoms with Gasteiger partial charge in [-0.2, -0.15) is 0 Å². The summed E-state index contributed by atoms with van der Waals surface area (Å²) in [6.07, 6.45) is 2.69. The van der Waals surface area contributed by atoms with E-state index in [1.54, 1.807) is 7.11 Å². The molecule has 3 nitrogen and oxygen atoms in total. The Morgan fingerprint density at radius 2 is 2.07 bits per heavy atom. The highest BCUT2D eigenvalue weighted by molar-refractivity contribution is 5.44. The summed E-state index contributed by atoms with van der Waals surface area (Å²) in [5.74, 6) is 1.60. The molecule has 1 aliphatic rings. The van der Waals surface area contributed by atoms with Crippen molar-refractivity contribution in [2.45, 2.75) is 31.9 Å². The Morgan fingerprint density at radius 1 is 1.33 bits per heavy atom. The standard InChI is InChI=1S/C12H17NO2/c1-8(13)9-3-6-11(12(7-9)14-2)15-10-4-5-10/h3,6-8,10H,4-5,13H2,1-2H3. The van der Waals surface area contributed by atoms with Gasteiger partial charge in [0.1, 0.15) is 0 Å². The molecule has 1 aromatic rings. The molecule has 1 fully saturated rings. The maximum Gasteiger partial charge on any atom is 0.161 e. The molecule has 0 bridgehead atoms. The SMILES string of the molecule is COc1cc(C(C)N)ccc1OC1CC1. The maximum absolute atomic E-state index is 5.80. The molecule has 0 saturated heterocycles. The van der Waals surface area contributed by atoms with Crippen LogP contribution in [0.25, 0.3) is 0 Å². The first-order chi connectivity index (χ1) is 7.20. The Labute approximate surface area is 90.2 Å². The summed E-state index contributed by atoms with van der Waals surface area (Å²) in [6.45, 7) is 1.95. The smallest absolute Gasteiger partial charge is 0.161 e. The normalized spacial score (nSPS) is 17.3. The number of ether oxygens (including phenoxy) is 2. The fourth-order valence-corrected chi connectivity index (χ4v) is 1.43. The largest absolute Gasteiger partial charge is 0.493 e. The fourth-order valence-electron chi connectivity index (χ4n) is 1.43. The van der Waals surface area contributed by atoms with Gasteiger partial charge in [0.25, 0.3) is 0 Å². The lowest BCUT2D eigenvalue weighted by atomic mass is 10.1. The van der Waals surface area contributed by atoms with Crippen LogP contribution in [0, 0.1) is 0 Å². The molecule has 2 rings (SSSR count). The first-order valence-corrected chi connectivity index (χ1v) is 5.31. The molecule has 1 atom stereocenters. The van der Waals surface area contributed by atoms with E-state index in [0.29, 0.717) is 6.10 Å². The molecule has 0 radical (unpaired) electrons. The Balaban J connectivity index is 2.21. The number of hydrogen-bond donors (Lipinski definition) is 1. The minimum Gasteiger partial charge on any atom is -0.493 e. The van der Waals surface area contributed by atoms with Crippen LogP contribution in [-0.2, 0) is 0 Å². The minimum absolute atomic E-state index is 0.0221. The molecule has 0 spiro atoms. The number of hydrogen-bond acceptors (Lipinski definition) is 3. The molecular formula is C12H17NO2. The summed E-state index contributed by atoms with van der Waals surface area (Å²) in [5.41, 5.74) is 6.87. The predicted molar refractivity (Wildman–Crippen MR) is 59.2 cm³/mol. The zero-order valence-corrected chi connectivity index (χ0v) is 9.19. The van der Waals surface area contributed by atoms with Crippen molar-refractivity contribution in [2.24, 2.45) is 5.73 Å². The lowest BCUT2D eigenvalue weighted by molar-refractivity contribution is 0.282. The van der Waals surface area contributed by atoms with Crippen LogP contribution in [0.4, 0.5) is 0 Å². The third-order valence-corrected chi connectivity index (χ3v) is 2.53. The van der Waals surface area contributed by atoms with E-state index in [1.165, 1.54) is 0 Å². The molecule has 1 aromatic carbocycles. The van der Waals surface area contributed by atoms with Gasteiger partial charge in [-0.15, -0.1) is 0 Å². The van der Waals surface area contributed by atoms with Crippen molar-refractivity contribution in [3.05, 3.63) is 23.8 Å².